The minimum Gasteiger partial charge on any atom is -0.497 e. The number of carbonyl (C=O) groups is 1. The molecule has 1 fully saturated rings. The maximum atomic E-state index is 11.8. The molecule has 1 atom stereocenters. The number of amides is 1. The zero-order chi connectivity index (χ0) is 16.9. The van der Waals surface area contributed by atoms with Gasteiger partial charge in [-0.3, -0.25) is 4.79 Å². The maximum absolute atomic E-state index is 11.8. The number of sulfone groups is 1. The average Bonchev–Trinajstić information content (AvgIpc) is 2.86. The molecular formula is C15H20N2O5S. The molecule has 1 aromatic carbocycles. The Morgan fingerprint density at radius 3 is 2.78 bits per heavy atom. The van der Waals surface area contributed by atoms with Crippen molar-refractivity contribution in [1.82, 2.24) is 5.43 Å². The van der Waals surface area contributed by atoms with Crippen LogP contribution in [-0.4, -0.2) is 46.3 Å². The molecule has 1 amide bonds. The van der Waals surface area contributed by atoms with E-state index in [1.165, 1.54) is 13.3 Å². The Morgan fingerprint density at radius 2 is 2.17 bits per heavy atom. The zero-order valence-corrected chi connectivity index (χ0v) is 13.9. The monoisotopic (exact) mass is 340 g/mol. The Labute approximate surface area is 135 Å². The maximum Gasteiger partial charge on any atom is 0.240 e. The predicted molar refractivity (Wildman–Crippen MR) is 86.7 cm³/mol. The van der Waals surface area contributed by atoms with Gasteiger partial charge in [-0.25, -0.2) is 13.8 Å². The third-order valence-electron chi connectivity index (χ3n) is 3.63. The molecule has 1 aromatic rings. The van der Waals surface area contributed by atoms with Crippen LogP contribution >= 0.6 is 0 Å². The molecule has 1 heterocycles. The molecule has 7 nitrogen and oxygen atoms in total. The number of nitrogens with zero attached hydrogens (tertiary/aromatic N) is 1. The number of hydrogen-bond acceptors (Lipinski definition) is 6. The van der Waals surface area contributed by atoms with Crippen molar-refractivity contribution >= 4 is 22.0 Å². The highest BCUT2D eigenvalue weighted by Crippen LogP contribution is 2.23. The number of nitrogens with one attached hydrogen (secondary N) is 1. The molecular weight excluding hydrogens is 320 g/mol. The van der Waals surface area contributed by atoms with E-state index in [4.69, 9.17) is 9.47 Å². The molecule has 8 heteroatoms. The van der Waals surface area contributed by atoms with Gasteiger partial charge in [-0.05, 0) is 24.5 Å². The molecule has 2 rings (SSSR count). The number of carbonyl (C=O) groups excluding carboxylic acids is 1. The quantitative estimate of drug-likeness (QED) is 0.615. The molecule has 0 aliphatic carbocycles. The second kappa shape index (κ2) is 7.45. The van der Waals surface area contributed by atoms with Gasteiger partial charge in [-0.1, -0.05) is 0 Å². The van der Waals surface area contributed by atoms with Gasteiger partial charge in [0, 0.05) is 18.1 Å². The van der Waals surface area contributed by atoms with Gasteiger partial charge < -0.3 is 9.47 Å². The third kappa shape index (κ3) is 4.95. The van der Waals surface area contributed by atoms with E-state index in [1.54, 1.807) is 25.3 Å². The highest BCUT2D eigenvalue weighted by molar-refractivity contribution is 7.91. The lowest BCUT2D eigenvalue weighted by atomic mass is 10.1. The molecule has 1 saturated heterocycles. The predicted octanol–water partition coefficient (Wildman–Crippen LogP) is 0.979. The smallest absolute Gasteiger partial charge is 0.240 e. The molecule has 126 valence electrons. The van der Waals surface area contributed by atoms with Gasteiger partial charge in [-0.15, -0.1) is 0 Å². The number of hydrogen-bond donors (Lipinski definition) is 1. The van der Waals surface area contributed by atoms with E-state index in [2.05, 4.69) is 10.5 Å². The van der Waals surface area contributed by atoms with Crippen molar-refractivity contribution in [2.45, 2.75) is 12.8 Å². The van der Waals surface area contributed by atoms with Crippen LogP contribution in [0.5, 0.6) is 11.5 Å². The molecule has 0 aromatic heterocycles. The van der Waals surface area contributed by atoms with Gasteiger partial charge in [0.05, 0.1) is 31.9 Å². The second-order valence-electron chi connectivity index (χ2n) is 5.37. The summed E-state index contributed by atoms with van der Waals surface area (Å²) in [5, 5.41) is 3.89. The first kappa shape index (κ1) is 17.3. The molecule has 1 aliphatic rings. The molecule has 0 unspecified atom stereocenters. The number of hydrazone groups is 1. The van der Waals surface area contributed by atoms with Crippen molar-refractivity contribution in [3.05, 3.63) is 23.8 Å². The van der Waals surface area contributed by atoms with Crippen molar-refractivity contribution in [3.8, 4) is 11.5 Å². The van der Waals surface area contributed by atoms with Crippen molar-refractivity contribution in [2.24, 2.45) is 11.0 Å². The van der Waals surface area contributed by atoms with Crippen LogP contribution in [0.3, 0.4) is 0 Å². The minimum absolute atomic E-state index is 0.0798. The highest BCUT2D eigenvalue weighted by Gasteiger charge is 2.29. The summed E-state index contributed by atoms with van der Waals surface area (Å²) in [7, 11) is 0.127. The summed E-state index contributed by atoms with van der Waals surface area (Å²) in [6.45, 7) is 0. The Bertz CT molecular complexity index is 700. The van der Waals surface area contributed by atoms with E-state index in [9.17, 15) is 13.2 Å². The minimum atomic E-state index is -2.97. The van der Waals surface area contributed by atoms with Crippen LogP contribution in [0.15, 0.2) is 23.3 Å². The molecule has 0 saturated carbocycles. The van der Waals surface area contributed by atoms with Crippen LogP contribution in [0.2, 0.25) is 0 Å². The Hall–Kier alpha value is -2.09. The standard InChI is InChI=1S/C15H20N2O5S/c1-21-13-4-3-12(14(8-13)22-2)9-16-17-15(18)7-11-5-6-23(19,20)10-11/h3-4,8-9,11H,5-7,10H2,1-2H3,(H,17,18)/b16-9-/t11-/m0/s1. The van der Waals surface area contributed by atoms with Crippen LogP contribution in [0.1, 0.15) is 18.4 Å². The van der Waals surface area contributed by atoms with Crippen molar-refractivity contribution in [3.63, 3.8) is 0 Å². The van der Waals surface area contributed by atoms with Gasteiger partial charge >= 0.3 is 0 Å². The van der Waals surface area contributed by atoms with E-state index < -0.39 is 9.84 Å². The second-order valence-corrected chi connectivity index (χ2v) is 7.60. The first-order chi connectivity index (χ1) is 10.9. The summed E-state index contributed by atoms with van der Waals surface area (Å²) in [6.07, 6.45) is 2.17. The lowest BCUT2D eigenvalue weighted by Gasteiger charge is -2.07. The van der Waals surface area contributed by atoms with Crippen LogP contribution in [-0.2, 0) is 14.6 Å². The number of methoxy groups -OCH3 is 2. The van der Waals surface area contributed by atoms with Crippen molar-refractivity contribution in [2.75, 3.05) is 25.7 Å². The van der Waals surface area contributed by atoms with Gasteiger partial charge in [0.15, 0.2) is 9.84 Å². The van der Waals surface area contributed by atoms with Crippen LogP contribution in [0.4, 0.5) is 0 Å². The number of rotatable bonds is 6. The SMILES string of the molecule is COc1ccc(/C=N\NC(=O)C[C@@H]2CCS(=O)(=O)C2)c(OC)c1. The van der Waals surface area contributed by atoms with E-state index in [0.717, 1.165) is 0 Å². The topological polar surface area (TPSA) is 94.1 Å². The highest BCUT2D eigenvalue weighted by atomic mass is 32.2. The average molecular weight is 340 g/mol. The van der Waals surface area contributed by atoms with Crippen molar-refractivity contribution in [1.29, 1.82) is 0 Å². The molecule has 0 spiro atoms. The molecule has 1 aliphatic heterocycles. The van der Waals surface area contributed by atoms with Gasteiger partial charge in [0.2, 0.25) is 5.91 Å². The normalized spacial score (nSPS) is 19.7. The number of benzene rings is 1. The van der Waals surface area contributed by atoms with Crippen LogP contribution < -0.4 is 14.9 Å². The van der Waals surface area contributed by atoms with Crippen LogP contribution in [0, 0.1) is 5.92 Å². The van der Waals surface area contributed by atoms with Gasteiger partial charge in [0.25, 0.3) is 0 Å². The lowest BCUT2D eigenvalue weighted by Crippen LogP contribution is -2.21. The summed E-state index contributed by atoms with van der Waals surface area (Å²) in [5.41, 5.74) is 3.11. The Kier molecular flexibility index (Phi) is 5.59. The third-order valence-corrected chi connectivity index (χ3v) is 5.47. The summed E-state index contributed by atoms with van der Waals surface area (Å²) in [4.78, 5) is 11.8. The summed E-state index contributed by atoms with van der Waals surface area (Å²) in [6, 6.07) is 5.23. The van der Waals surface area contributed by atoms with E-state index >= 15 is 0 Å². The Morgan fingerprint density at radius 1 is 1.39 bits per heavy atom. The molecule has 0 bridgehead atoms. The molecule has 0 radical (unpaired) electrons. The fraction of sp³-hybridized carbons (Fsp3) is 0.467. The van der Waals surface area contributed by atoms with E-state index in [1.807, 2.05) is 0 Å². The molecule has 1 N–H and O–H groups in total. The van der Waals surface area contributed by atoms with Gasteiger partial charge in [0.1, 0.15) is 11.5 Å². The fourth-order valence-electron chi connectivity index (χ4n) is 2.44. The summed E-state index contributed by atoms with van der Waals surface area (Å²) >= 11 is 0. The lowest BCUT2D eigenvalue weighted by molar-refractivity contribution is -0.121. The zero-order valence-electron chi connectivity index (χ0n) is 13.1. The summed E-state index contributed by atoms with van der Waals surface area (Å²) < 4.78 is 33.0. The number of ether oxygens (including phenoxy) is 2. The van der Waals surface area contributed by atoms with E-state index in [-0.39, 0.29) is 29.8 Å². The first-order valence-corrected chi connectivity index (χ1v) is 9.00. The largest absolute Gasteiger partial charge is 0.497 e. The van der Waals surface area contributed by atoms with Gasteiger partial charge in [-0.2, -0.15) is 5.10 Å². The van der Waals surface area contributed by atoms with Crippen LogP contribution in [0.25, 0.3) is 0 Å². The van der Waals surface area contributed by atoms with E-state index in [0.29, 0.717) is 23.5 Å². The first-order valence-electron chi connectivity index (χ1n) is 7.18. The molecule has 23 heavy (non-hydrogen) atoms. The summed E-state index contributed by atoms with van der Waals surface area (Å²) in [5.74, 6) is 1.06. The van der Waals surface area contributed by atoms with Crippen molar-refractivity contribution < 1.29 is 22.7 Å². The Balaban J connectivity index is 1.90. The fourth-order valence-corrected chi connectivity index (χ4v) is 4.30.